The largest absolute Gasteiger partial charge is 0.507 e. The molecule has 7 nitrogen and oxygen atoms in total. The minimum absolute atomic E-state index is 0.0476. The minimum Gasteiger partial charge on any atom is -0.507 e. The van der Waals surface area contributed by atoms with Crippen molar-refractivity contribution in [1.82, 2.24) is 14.9 Å². The van der Waals surface area contributed by atoms with Crippen LogP contribution in [0.3, 0.4) is 0 Å². The SMILES string of the molecule is CCN1CC[C@@H]2CCN(c3nc4nc(-c5c(C)cc(C#N)cc5O)ccc4o3)[C@@H]2C1. The van der Waals surface area contributed by atoms with Crippen molar-refractivity contribution in [3.63, 3.8) is 0 Å². The zero-order valence-corrected chi connectivity index (χ0v) is 17.3. The van der Waals surface area contributed by atoms with E-state index in [0.29, 0.717) is 46.0 Å². The number of aryl methyl sites for hydroxylation is 1. The molecule has 0 amide bonds. The Morgan fingerprint density at radius 2 is 2.07 bits per heavy atom. The van der Waals surface area contributed by atoms with Crippen molar-refractivity contribution >= 4 is 17.2 Å². The average Bonchev–Trinajstić information content (AvgIpc) is 3.35. The molecule has 5 rings (SSSR count). The number of anilines is 1. The van der Waals surface area contributed by atoms with Crippen molar-refractivity contribution in [2.24, 2.45) is 5.92 Å². The van der Waals surface area contributed by atoms with Crippen LogP contribution in [-0.4, -0.2) is 52.2 Å². The smallest absolute Gasteiger partial charge is 0.300 e. The Morgan fingerprint density at radius 1 is 1.23 bits per heavy atom. The number of aromatic nitrogens is 2. The van der Waals surface area contributed by atoms with Crippen molar-refractivity contribution in [1.29, 1.82) is 5.26 Å². The Balaban J connectivity index is 1.49. The van der Waals surface area contributed by atoms with Crippen molar-refractivity contribution in [2.45, 2.75) is 32.7 Å². The number of piperidine rings is 1. The summed E-state index contributed by atoms with van der Waals surface area (Å²) >= 11 is 0. The molecule has 0 saturated carbocycles. The third-order valence-electron chi connectivity index (χ3n) is 6.58. The van der Waals surface area contributed by atoms with Crippen molar-refractivity contribution < 1.29 is 9.52 Å². The van der Waals surface area contributed by atoms with E-state index in [1.54, 1.807) is 6.07 Å². The van der Waals surface area contributed by atoms with Crippen LogP contribution in [0.25, 0.3) is 22.5 Å². The van der Waals surface area contributed by atoms with Gasteiger partial charge in [0.15, 0.2) is 5.58 Å². The van der Waals surface area contributed by atoms with Gasteiger partial charge in [-0.25, -0.2) is 4.98 Å². The van der Waals surface area contributed by atoms with E-state index < -0.39 is 0 Å². The van der Waals surface area contributed by atoms with Crippen LogP contribution in [-0.2, 0) is 0 Å². The maximum atomic E-state index is 10.4. The lowest BCUT2D eigenvalue weighted by atomic mass is 9.92. The molecule has 0 aliphatic carbocycles. The number of likely N-dealkylation sites (tertiary alicyclic amines) is 1. The fraction of sp³-hybridized carbons (Fsp3) is 0.435. The number of nitrogens with zero attached hydrogens (tertiary/aromatic N) is 5. The molecule has 1 aromatic carbocycles. The topological polar surface area (TPSA) is 89.4 Å². The Labute approximate surface area is 175 Å². The van der Waals surface area contributed by atoms with Gasteiger partial charge >= 0.3 is 0 Å². The zero-order chi connectivity index (χ0) is 20.8. The quantitative estimate of drug-likeness (QED) is 0.713. The van der Waals surface area contributed by atoms with Gasteiger partial charge in [-0.1, -0.05) is 6.92 Å². The van der Waals surface area contributed by atoms with Crippen LogP contribution < -0.4 is 4.90 Å². The average molecular weight is 403 g/mol. The molecule has 0 spiro atoms. The van der Waals surface area contributed by atoms with E-state index in [1.807, 2.05) is 19.1 Å². The molecule has 4 heterocycles. The summed E-state index contributed by atoms with van der Waals surface area (Å²) in [5, 5.41) is 19.5. The summed E-state index contributed by atoms with van der Waals surface area (Å²) in [4.78, 5) is 14.2. The van der Waals surface area contributed by atoms with Crippen molar-refractivity contribution in [3.05, 3.63) is 35.4 Å². The second-order valence-electron chi connectivity index (χ2n) is 8.31. The third-order valence-corrected chi connectivity index (χ3v) is 6.58. The highest BCUT2D eigenvalue weighted by Gasteiger charge is 2.40. The van der Waals surface area contributed by atoms with Crippen LogP contribution in [0.2, 0.25) is 0 Å². The van der Waals surface area contributed by atoms with Crippen LogP contribution in [0.15, 0.2) is 28.7 Å². The minimum atomic E-state index is 0.0476. The summed E-state index contributed by atoms with van der Waals surface area (Å²) in [5.74, 6) is 0.746. The van der Waals surface area contributed by atoms with Gasteiger partial charge < -0.3 is 19.3 Å². The molecular formula is C23H25N5O2. The van der Waals surface area contributed by atoms with Crippen LogP contribution in [0.4, 0.5) is 6.01 Å². The molecule has 2 aliphatic heterocycles. The number of oxazole rings is 1. The van der Waals surface area contributed by atoms with E-state index >= 15 is 0 Å². The third kappa shape index (κ3) is 3.08. The molecule has 3 aromatic rings. The fourth-order valence-corrected chi connectivity index (χ4v) is 4.97. The predicted molar refractivity (Wildman–Crippen MR) is 114 cm³/mol. The van der Waals surface area contributed by atoms with Gasteiger partial charge in [0.1, 0.15) is 5.75 Å². The molecule has 2 fully saturated rings. The summed E-state index contributed by atoms with van der Waals surface area (Å²) in [6.45, 7) is 8.34. The monoisotopic (exact) mass is 403 g/mol. The number of pyridine rings is 1. The molecule has 2 aliphatic rings. The highest BCUT2D eigenvalue weighted by atomic mass is 16.4. The summed E-state index contributed by atoms with van der Waals surface area (Å²) in [5.41, 5.74) is 3.65. The van der Waals surface area contributed by atoms with Gasteiger partial charge in [0, 0.05) is 24.7 Å². The molecule has 0 unspecified atom stereocenters. The van der Waals surface area contributed by atoms with Gasteiger partial charge in [0.05, 0.1) is 17.3 Å². The van der Waals surface area contributed by atoms with Crippen LogP contribution >= 0.6 is 0 Å². The molecule has 2 aromatic heterocycles. The molecule has 7 heteroatoms. The number of fused-ring (bicyclic) bond motifs is 2. The molecule has 2 saturated heterocycles. The van der Waals surface area contributed by atoms with Gasteiger partial charge in [0.2, 0.25) is 5.65 Å². The Bertz CT molecular complexity index is 1130. The first kappa shape index (κ1) is 18.9. The normalized spacial score (nSPS) is 21.7. The second kappa shape index (κ2) is 7.29. The van der Waals surface area contributed by atoms with E-state index in [4.69, 9.17) is 14.7 Å². The van der Waals surface area contributed by atoms with Crippen molar-refractivity contribution in [3.8, 4) is 23.1 Å². The molecule has 2 atom stereocenters. The molecular weight excluding hydrogens is 378 g/mol. The second-order valence-corrected chi connectivity index (χ2v) is 8.31. The van der Waals surface area contributed by atoms with Gasteiger partial charge in [-0.2, -0.15) is 10.2 Å². The highest BCUT2D eigenvalue weighted by Crippen LogP contribution is 2.37. The number of hydrogen-bond acceptors (Lipinski definition) is 7. The predicted octanol–water partition coefficient (Wildman–Crippen LogP) is 3.70. The molecule has 1 N–H and O–H groups in total. The first-order valence-corrected chi connectivity index (χ1v) is 10.6. The lowest BCUT2D eigenvalue weighted by molar-refractivity contribution is 0.180. The lowest BCUT2D eigenvalue weighted by Gasteiger charge is -2.37. The van der Waals surface area contributed by atoms with Gasteiger partial charge in [-0.15, -0.1) is 0 Å². The number of phenolic OH excluding ortho intramolecular Hbond substituents is 1. The highest BCUT2D eigenvalue weighted by molar-refractivity contribution is 5.79. The molecule has 30 heavy (non-hydrogen) atoms. The Hall–Kier alpha value is -3.11. The summed E-state index contributed by atoms with van der Waals surface area (Å²) < 4.78 is 6.09. The molecule has 154 valence electrons. The van der Waals surface area contributed by atoms with Crippen LogP contribution in [0.5, 0.6) is 5.75 Å². The van der Waals surface area contributed by atoms with Gasteiger partial charge in [-0.05, 0) is 68.6 Å². The number of phenols is 1. The van der Waals surface area contributed by atoms with E-state index in [0.717, 1.165) is 25.2 Å². The van der Waals surface area contributed by atoms with E-state index in [2.05, 4.69) is 27.8 Å². The maximum absolute atomic E-state index is 10.4. The summed E-state index contributed by atoms with van der Waals surface area (Å²) in [6, 6.07) is 10.1. The lowest BCUT2D eigenvalue weighted by Crippen LogP contribution is -2.48. The standard InChI is InChI=1S/C23H25N5O2/c1-3-27-8-6-16-7-9-28(18(16)13-27)23-26-22-20(30-23)5-4-17(25-22)21-14(2)10-15(12-24)11-19(21)29/h4-5,10-11,16,18,29H,3,6-9,13H2,1-2H3/t16-,18-/m1/s1. The zero-order valence-electron chi connectivity index (χ0n) is 17.3. The number of rotatable bonds is 3. The Morgan fingerprint density at radius 3 is 2.83 bits per heavy atom. The first-order valence-electron chi connectivity index (χ1n) is 10.6. The molecule has 0 radical (unpaired) electrons. The van der Waals surface area contributed by atoms with E-state index in [-0.39, 0.29) is 5.75 Å². The fourth-order valence-electron chi connectivity index (χ4n) is 4.97. The van der Waals surface area contributed by atoms with Gasteiger partial charge in [-0.3, -0.25) is 0 Å². The summed E-state index contributed by atoms with van der Waals surface area (Å²) in [6.07, 6.45) is 2.41. The maximum Gasteiger partial charge on any atom is 0.300 e. The number of aromatic hydroxyl groups is 1. The number of nitriles is 1. The van der Waals surface area contributed by atoms with Gasteiger partial charge in [0.25, 0.3) is 6.01 Å². The van der Waals surface area contributed by atoms with E-state index in [1.165, 1.54) is 25.5 Å². The first-order chi connectivity index (χ1) is 14.6. The molecule has 0 bridgehead atoms. The summed E-state index contributed by atoms with van der Waals surface area (Å²) in [7, 11) is 0. The van der Waals surface area contributed by atoms with Crippen LogP contribution in [0.1, 0.15) is 30.9 Å². The van der Waals surface area contributed by atoms with Crippen LogP contribution in [0, 0.1) is 24.2 Å². The number of likely N-dealkylation sites (N-methyl/N-ethyl adjacent to an activating group) is 1. The number of hydrogen-bond donors (Lipinski definition) is 1. The van der Waals surface area contributed by atoms with Crippen molar-refractivity contribution in [2.75, 3.05) is 31.1 Å². The Kier molecular flexibility index (Phi) is 4.59. The number of benzene rings is 1. The van der Waals surface area contributed by atoms with E-state index in [9.17, 15) is 5.11 Å².